The molecule has 0 bridgehead atoms. The van der Waals surface area contributed by atoms with Crippen LogP contribution in [0.3, 0.4) is 0 Å². The Balaban J connectivity index is 0.000000280. The number of nitrogens with one attached hydrogen (secondary N) is 1. The summed E-state index contributed by atoms with van der Waals surface area (Å²) in [5.41, 5.74) is 2.24. The van der Waals surface area contributed by atoms with Crippen LogP contribution in [0.4, 0.5) is 11.4 Å². The lowest BCUT2D eigenvalue weighted by atomic mass is 10.3. The van der Waals surface area contributed by atoms with E-state index in [0.29, 0.717) is 0 Å². The molecule has 2 aromatic rings. The van der Waals surface area contributed by atoms with E-state index in [4.69, 9.17) is 19.2 Å². The fourth-order valence-corrected chi connectivity index (χ4v) is 1.21. The summed E-state index contributed by atoms with van der Waals surface area (Å²) in [7, 11) is -4.64. The molecule has 0 saturated carbocycles. The molecule has 0 fully saturated rings. The highest BCUT2D eigenvalue weighted by Gasteiger charge is 2.00. The lowest BCUT2D eigenvalue weighted by molar-refractivity contribution is 0.275. The van der Waals surface area contributed by atoms with Crippen molar-refractivity contribution in [1.82, 2.24) is 0 Å². The van der Waals surface area contributed by atoms with Crippen LogP contribution in [0.15, 0.2) is 60.7 Å². The van der Waals surface area contributed by atoms with Gasteiger partial charge in [-0.15, -0.1) is 0 Å². The van der Waals surface area contributed by atoms with Crippen LogP contribution in [0.1, 0.15) is 0 Å². The van der Waals surface area contributed by atoms with Gasteiger partial charge in [-0.05, 0) is 24.3 Å². The summed E-state index contributed by atoms with van der Waals surface area (Å²) in [6.45, 7) is 0. The zero-order valence-electron chi connectivity index (χ0n) is 9.47. The minimum Gasteiger partial charge on any atom is -0.356 e. The molecule has 18 heavy (non-hydrogen) atoms. The van der Waals surface area contributed by atoms with Crippen molar-refractivity contribution in [1.29, 1.82) is 0 Å². The number of para-hydroxylation sites is 2. The van der Waals surface area contributed by atoms with Gasteiger partial charge < -0.3 is 20.0 Å². The van der Waals surface area contributed by atoms with Gasteiger partial charge in [-0.1, -0.05) is 36.4 Å². The summed E-state index contributed by atoms with van der Waals surface area (Å²) >= 11 is 0. The van der Waals surface area contributed by atoms with Crippen LogP contribution in [-0.2, 0) is 4.57 Å². The monoisotopic (exact) mass is 267 g/mol. The largest absolute Gasteiger partial charge is 0.466 e. The summed E-state index contributed by atoms with van der Waals surface area (Å²) in [5, 5.41) is 3.30. The summed E-state index contributed by atoms with van der Waals surface area (Å²) in [5.74, 6) is 0. The van der Waals surface area contributed by atoms with Crippen LogP contribution in [0.25, 0.3) is 0 Å². The molecule has 0 spiro atoms. The Hall–Kier alpha value is -1.65. The molecule has 0 amide bonds. The van der Waals surface area contributed by atoms with Crippen molar-refractivity contribution in [3.05, 3.63) is 60.7 Å². The summed E-state index contributed by atoms with van der Waals surface area (Å²) in [6, 6.07) is 20.3. The summed E-state index contributed by atoms with van der Waals surface area (Å²) in [4.78, 5) is 21.6. The number of hydrogen-bond acceptors (Lipinski definition) is 2. The van der Waals surface area contributed by atoms with Crippen molar-refractivity contribution >= 4 is 19.2 Å². The van der Waals surface area contributed by atoms with E-state index in [0.717, 1.165) is 11.4 Å². The Labute approximate surface area is 105 Å². The van der Waals surface area contributed by atoms with Gasteiger partial charge in [-0.3, -0.25) is 0 Å². The SMILES string of the molecule is O=P(O)(O)O.c1ccc(Nc2ccccc2)cc1. The summed E-state index contributed by atoms with van der Waals surface area (Å²) < 4.78 is 8.88. The van der Waals surface area contributed by atoms with Gasteiger partial charge in [0.2, 0.25) is 0 Å². The van der Waals surface area contributed by atoms with Gasteiger partial charge in [0.25, 0.3) is 0 Å². The van der Waals surface area contributed by atoms with Crippen LogP contribution in [-0.4, -0.2) is 14.7 Å². The van der Waals surface area contributed by atoms with E-state index in [1.807, 2.05) is 60.7 Å². The molecule has 5 nitrogen and oxygen atoms in total. The van der Waals surface area contributed by atoms with Crippen molar-refractivity contribution in [3.63, 3.8) is 0 Å². The minimum atomic E-state index is -4.64. The second kappa shape index (κ2) is 6.93. The van der Waals surface area contributed by atoms with Gasteiger partial charge in [-0.2, -0.15) is 0 Å². The molecule has 96 valence electrons. The van der Waals surface area contributed by atoms with E-state index < -0.39 is 7.82 Å². The zero-order valence-corrected chi connectivity index (χ0v) is 10.4. The quantitative estimate of drug-likeness (QED) is 0.628. The first-order chi connectivity index (χ1) is 8.45. The third kappa shape index (κ3) is 7.60. The van der Waals surface area contributed by atoms with Crippen LogP contribution >= 0.6 is 7.82 Å². The normalized spacial score (nSPS) is 10.2. The molecular weight excluding hydrogens is 253 g/mol. The molecule has 0 saturated heterocycles. The molecule has 2 aromatic carbocycles. The van der Waals surface area contributed by atoms with Gasteiger partial charge >= 0.3 is 7.82 Å². The Morgan fingerprint density at radius 1 is 0.722 bits per heavy atom. The number of benzene rings is 2. The van der Waals surface area contributed by atoms with Gasteiger partial charge in [0.15, 0.2) is 0 Å². The van der Waals surface area contributed by atoms with Crippen molar-refractivity contribution in [2.45, 2.75) is 0 Å². The Bertz CT molecular complexity index is 452. The van der Waals surface area contributed by atoms with Crippen molar-refractivity contribution < 1.29 is 19.2 Å². The molecule has 0 aliphatic heterocycles. The van der Waals surface area contributed by atoms with Crippen LogP contribution in [0.5, 0.6) is 0 Å². The lowest BCUT2D eigenvalue weighted by Crippen LogP contribution is -1.87. The van der Waals surface area contributed by atoms with Crippen LogP contribution in [0, 0.1) is 0 Å². The summed E-state index contributed by atoms with van der Waals surface area (Å²) in [6.07, 6.45) is 0. The molecule has 6 heteroatoms. The molecule has 0 aliphatic rings. The highest BCUT2D eigenvalue weighted by atomic mass is 31.2. The fraction of sp³-hybridized carbons (Fsp3) is 0. The number of hydrogen-bond donors (Lipinski definition) is 4. The van der Waals surface area contributed by atoms with Gasteiger partial charge in [0.05, 0.1) is 0 Å². The van der Waals surface area contributed by atoms with E-state index >= 15 is 0 Å². The predicted molar refractivity (Wildman–Crippen MR) is 70.4 cm³/mol. The highest BCUT2D eigenvalue weighted by molar-refractivity contribution is 7.45. The van der Waals surface area contributed by atoms with Crippen molar-refractivity contribution in [2.75, 3.05) is 5.32 Å². The van der Waals surface area contributed by atoms with Gasteiger partial charge in [0, 0.05) is 11.4 Å². The van der Waals surface area contributed by atoms with Gasteiger partial charge in [0.1, 0.15) is 0 Å². The average molecular weight is 267 g/mol. The van der Waals surface area contributed by atoms with Crippen LogP contribution < -0.4 is 5.32 Å². The lowest BCUT2D eigenvalue weighted by Gasteiger charge is -2.04. The molecule has 4 N–H and O–H groups in total. The van der Waals surface area contributed by atoms with Crippen molar-refractivity contribution in [3.8, 4) is 0 Å². The number of phosphoric acid groups is 1. The van der Waals surface area contributed by atoms with Crippen molar-refractivity contribution in [2.24, 2.45) is 0 Å². The molecule has 0 unspecified atom stereocenters. The fourth-order valence-electron chi connectivity index (χ4n) is 1.21. The third-order valence-electron chi connectivity index (χ3n) is 1.84. The van der Waals surface area contributed by atoms with E-state index in [9.17, 15) is 0 Å². The second-order valence-corrected chi connectivity index (χ2v) is 4.40. The topological polar surface area (TPSA) is 89.8 Å². The predicted octanol–water partition coefficient (Wildman–Crippen LogP) is 2.50. The minimum absolute atomic E-state index is 1.12. The second-order valence-electron chi connectivity index (χ2n) is 3.37. The maximum atomic E-state index is 8.88. The highest BCUT2D eigenvalue weighted by Crippen LogP contribution is 2.25. The number of rotatable bonds is 2. The molecule has 0 atom stereocenters. The molecule has 0 aliphatic carbocycles. The Kier molecular flexibility index (Phi) is 5.55. The molecule has 0 radical (unpaired) electrons. The Morgan fingerprint density at radius 3 is 1.28 bits per heavy atom. The van der Waals surface area contributed by atoms with E-state index in [2.05, 4.69) is 5.32 Å². The zero-order chi connectivity index (χ0) is 13.4. The van der Waals surface area contributed by atoms with E-state index in [-0.39, 0.29) is 0 Å². The number of anilines is 2. The van der Waals surface area contributed by atoms with E-state index in [1.54, 1.807) is 0 Å². The smallest absolute Gasteiger partial charge is 0.356 e. The molecular formula is C12H14NO4P. The first-order valence-electron chi connectivity index (χ1n) is 5.10. The molecule has 0 heterocycles. The standard InChI is InChI=1S/C12H11N.H3O4P/c1-3-7-11(8-4-1)13-12-9-5-2-6-10-12;1-5(2,3)4/h1-10,13H;(H3,1,2,3,4). The van der Waals surface area contributed by atoms with Crippen LogP contribution in [0.2, 0.25) is 0 Å². The molecule has 2 rings (SSSR count). The maximum Gasteiger partial charge on any atom is 0.466 e. The maximum absolute atomic E-state index is 8.88. The first-order valence-corrected chi connectivity index (χ1v) is 6.67. The average Bonchev–Trinajstić information content (AvgIpc) is 2.29. The van der Waals surface area contributed by atoms with Gasteiger partial charge in [-0.25, -0.2) is 4.57 Å². The third-order valence-corrected chi connectivity index (χ3v) is 1.84. The Morgan fingerprint density at radius 2 is 1.00 bits per heavy atom. The van der Waals surface area contributed by atoms with E-state index in [1.165, 1.54) is 0 Å². The first kappa shape index (κ1) is 14.4. The molecule has 0 aromatic heterocycles.